The number of benzene rings is 1. The van der Waals surface area contributed by atoms with Crippen LogP contribution in [-0.2, 0) is 17.8 Å². The molecule has 0 aliphatic carbocycles. The molecule has 0 radical (unpaired) electrons. The molecule has 1 aliphatic rings. The molecule has 0 bridgehead atoms. The summed E-state index contributed by atoms with van der Waals surface area (Å²) in [4.78, 5) is 14.1. The van der Waals surface area contributed by atoms with Gasteiger partial charge in [-0.25, -0.2) is 0 Å². The second-order valence-corrected chi connectivity index (χ2v) is 4.60. The van der Waals surface area contributed by atoms with Crippen LogP contribution in [0.5, 0.6) is 0 Å². The van der Waals surface area contributed by atoms with Gasteiger partial charge in [0.2, 0.25) is 5.91 Å². The van der Waals surface area contributed by atoms with Crippen LogP contribution in [0.3, 0.4) is 0 Å². The van der Waals surface area contributed by atoms with Gasteiger partial charge in [0.15, 0.2) is 0 Å². The highest BCUT2D eigenvalue weighted by Gasteiger charge is 2.22. The molecule has 0 saturated heterocycles. The molecule has 1 heterocycles. The Morgan fingerprint density at radius 2 is 2.00 bits per heavy atom. The molecule has 1 aromatic carbocycles. The van der Waals surface area contributed by atoms with Crippen molar-refractivity contribution < 1.29 is 9.90 Å². The zero-order chi connectivity index (χ0) is 13.0. The van der Waals surface area contributed by atoms with E-state index in [-0.39, 0.29) is 18.6 Å². The first-order valence-corrected chi connectivity index (χ1v) is 6.39. The molecule has 2 rings (SSSR count). The van der Waals surface area contributed by atoms with Gasteiger partial charge in [0.1, 0.15) is 0 Å². The first-order valence-electron chi connectivity index (χ1n) is 6.39. The lowest BCUT2D eigenvalue weighted by atomic mass is 10.1. The highest BCUT2D eigenvalue weighted by atomic mass is 16.3. The van der Waals surface area contributed by atoms with E-state index >= 15 is 0 Å². The van der Waals surface area contributed by atoms with Crippen LogP contribution in [0.15, 0.2) is 36.4 Å². The summed E-state index contributed by atoms with van der Waals surface area (Å²) in [6, 6.07) is 7.81. The second-order valence-electron chi connectivity index (χ2n) is 4.60. The molecule has 0 aromatic heterocycles. The van der Waals surface area contributed by atoms with Gasteiger partial charge in [0.25, 0.3) is 0 Å². The Bertz CT molecular complexity index is 436. The zero-order valence-electron chi connectivity index (χ0n) is 10.7. The maximum atomic E-state index is 12.2. The molecule has 3 heteroatoms. The number of aliphatic hydroxyl groups is 1. The third-order valence-corrected chi connectivity index (χ3v) is 3.36. The standard InChI is InChI=1S/C15H19NO2/c1-2-14-4-3-9-16(14)15(18)10-12-5-7-13(11-17)8-6-12/h3-8,14,17H,2,9-11H2,1H3. The first-order chi connectivity index (χ1) is 8.74. The minimum atomic E-state index is 0.0438. The molecule has 1 unspecified atom stereocenters. The van der Waals surface area contributed by atoms with Gasteiger partial charge in [-0.15, -0.1) is 0 Å². The van der Waals surface area contributed by atoms with Gasteiger partial charge < -0.3 is 10.0 Å². The lowest BCUT2D eigenvalue weighted by Gasteiger charge is -2.23. The number of aliphatic hydroxyl groups excluding tert-OH is 1. The number of amides is 1. The lowest BCUT2D eigenvalue weighted by Crippen LogP contribution is -2.36. The Kier molecular flexibility index (Phi) is 4.15. The smallest absolute Gasteiger partial charge is 0.227 e. The summed E-state index contributed by atoms with van der Waals surface area (Å²) in [6.07, 6.45) is 5.56. The van der Waals surface area contributed by atoms with E-state index in [1.807, 2.05) is 29.2 Å². The summed E-state index contributed by atoms with van der Waals surface area (Å²) in [5.41, 5.74) is 1.87. The predicted octanol–water partition coefficient (Wildman–Crippen LogP) is 1.90. The topological polar surface area (TPSA) is 40.5 Å². The molecule has 1 N–H and O–H groups in total. The van der Waals surface area contributed by atoms with Crippen molar-refractivity contribution in [3.8, 4) is 0 Å². The van der Waals surface area contributed by atoms with Gasteiger partial charge in [-0.1, -0.05) is 43.3 Å². The van der Waals surface area contributed by atoms with E-state index in [1.54, 1.807) is 0 Å². The van der Waals surface area contributed by atoms with Gasteiger partial charge >= 0.3 is 0 Å². The maximum absolute atomic E-state index is 12.2. The van der Waals surface area contributed by atoms with Crippen LogP contribution >= 0.6 is 0 Å². The van der Waals surface area contributed by atoms with Crippen molar-refractivity contribution in [1.82, 2.24) is 4.90 Å². The van der Waals surface area contributed by atoms with Gasteiger partial charge in [0.05, 0.1) is 19.1 Å². The number of rotatable bonds is 4. The summed E-state index contributed by atoms with van der Waals surface area (Å²) in [6.45, 7) is 2.87. The molecule has 0 saturated carbocycles. The van der Waals surface area contributed by atoms with E-state index in [4.69, 9.17) is 5.11 Å². The van der Waals surface area contributed by atoms with Crippen molar-refractivity contribution in [2.75, 3.05) is 6.54 Å². The largest absolute Gasteiger partial charge is 0.392 e. The number of nitrogens with zero attached hydrogens (tertiary/aromatic N) is 1. The Balaban J connectivity index is 1.98. The molecule has 1 aromatic rings. The molecule has 18 heavy (non-hydrogen) atoms. The van der Waals surface area contributed by atoms with Crippen LogP contribution in [0.25, 0.3) is 0 Å². The normalized spacial score (nSPS) is 18.3. The van der Waals surface area contributed by atoms with Crippen LogP contribution in [-0.4, -0.2) is 28.5 Å². The molecule has 0 spiro atoms. The van der Waals surface area contributed by atoms with Crippen molar-refractivity contribution in [1.29, 1.82) is 0 Å². The number of carbonyl (C=O) groups is 1. The number of carbonyl (C=O) groups excluding carboxylic acids is 1. The second kappa shape index (κ2) is 5.83. The highest BCUT2D eigenvalue weighted by Crippen LogP contribution is 2.15. The van der Waals surface area contributed by atoms with Gasteiger partial charge in [-0.2, -0.15) is 0 Å². The van der Waals surface area contributed by atoms with Crippen molar-refractivity contribution in [2.24, 2.45) is 0 Å². The van der Waals surface area contributed by atoms with Gasteiger partial charge in [0, 0.05) is 6.54 Å². The highest BCUT2D eigenvalue weighted by molar-refractivity contribution is 5.80. The third-order valence-electron chi connectivity index (χ3n) is 3.36. The number of hydrogen-bond donors (Lipinski definition) is 1. The van der Waals surface area contributed by atoms with E-state index in [0.29, 0.717) is 6.42 Å². The van der Waals surface area contributed by atoms with Crippen molar-refractivity contribution in [3.05, 3.63) is 47.5 Å². The zero-order valence-corrected chi connectivity index (χ0v) is 10.7. The fraction of sp³-hybridized carbons (Fsp3) is 0.400. The van der Waals surface area contributed by atoms with E-state index < -0.39 is 0 Å². The van der Waals surface area contributed by atoms with E-state index in [1.165, 1.54) is 0 Å². The molecule has 1 amide bonds. The summed E-state index contributed by atoms with van der Waals surface area (Å²) in [7, 11) is 0. The van der Waals surface area contributed by atoms with Gasteiger partial charge in [-0.05, 0) is 17.5 Å². The lowest BCUT2D eigenvalue weighted by molar-refractivity contribution is -0.130. The Labute approximate surface area is 108 Å². The van der Waals surface area contributed by atoms with Crippen molar-refractivity contribution in [3.63, 3.8) is 0 Å². The molecule has 1 atom stereocenters. The fourth-order valence-corrected chi connectivity index (χ4v) is 2.25. The number of hydrogen-bond acceptors (Lipinski definition) is 2. The predicted molar refractivity (Wildman–Crippen MR) is 71.0 cm³/mol. The average Bonchev–Trinajstić information content (AvgIpc) is 2.88. The minimum Gasteiger partial charge on any atom is -0.392 e. The SMILES string of the molecule is CCC1C=CCN1C(=O)Cc1ccc(CO)cc1. The fourth-order valence-electron chi connectivity index (χ4n) is 2.25. The van der Waals surface area contributed by atoms with E-state index in [2.05, 4.69) is 19.1 Å². The summed E-state index contributed by atoms with van der Waals surface area (Å²) in [5, 5.41) is 8.97. The van der Waals surface area contributed by atoms with Crippen LogP contribution in [0.1, 0.15) is 24.5 Å². The maximum Gasteiger partial charge on any atom is 0.227 e. The van der Waals surface area contributed by atoms with Crippen LogP contribution in [0.4, 0.5) is 0 Å². The Morgan fingerprint density at radius 3 is 2.61 bits per heavy atom. The monoisotopic (exact) mass is 245 g/mol. The first kappa shape index (κ1) is 12.8. The van der Waals surface area contributed by atoms with Gasteiger partial charge in [-0.3, -0.25) is 4.79 Å². The Hall–Kier alpha value is -1.61. The third kappa shape index (κ3) is 2.79. The minimum absolute atomic E-state index is 0.0438. The molecule has 3 nitrogen and oxygen atoms in total. The van der Waals surface area contributed by atoms with Crippen molar-refractivity contribution in [2.45, 2.75) is 32.4 Å². The summed E-state index contributed by atoms with van der Waals surface area (Å²) in [5.74, 6) is 0.170. The molecular weight excluding hydrogens is 226 g/mol. The molecule has 1 aliphatic heterocycles. The molecular formula is C15H19NO2. The van der Waals surface area contributed by atoms with E-state index in [0.717, 1.165) is 24.1 Å². The quantitative estimate of drug-likeness (QED) is 0.823. The van der Waals surface area contributed by atoms with Crippen LogP contribution in [0.2, 0.25) is 0 Å². The van der Waals surface area contributed by atoms with Crippen LogP contribution in [0, 0.1) is 0 Å². The van der Waals surface area contributed by atoms with E-state index in [9.17, 15) is 4.79 Å². The Morgan fingerprint density at radius 1 is 1.33 bits per heavy atom. The summed E-state index contributed by atoms with van der Waals surface area (Å²) < 4.78 is 0. The van der Waals surface area contributed by atoms with Crippen molar-refractivity contribution >= 4 is 5.91 Å². The molecule has 96 valence electrons. The molecule has 0 fully saturated rings. The van der Waals surface area contributed by atoms with Crippen LogP contribution < -0.4 is 0 Å². The average molecular weight is 245 g/mol. The summed E-state index contributed by atoms with van der Waals surface area (Å²) >= 11 is 0.